The van der Waals surface area contributed by atoms with Crippen molar-refractivity contribution in [2.24, 2.45) is 0 Å². The normalized spacial score (nSPS) is 21.2. The summed E-state index contributed by atoms with van der Waals surface area (Å²) in [6.07, 6.45) is 9.15. The summed E-state index contributed by atoms with van der Waals surface area (Å²) in [5.74, 6) is 0.195. The highest BCUT2D eigenvalue weighted by atomic mass is 16.2. The van der Waals surface area contributed by atoms with Crippen LogP contribution in [0.15, 0.2) is 18.3 Å². The Hall–Kier alpha value is -1.29. The molecule has 0 unspecified atom stereocenters. The summed E-state index contributed by atoms with van der Waals surface area (Å²) in [5, 5.41) is 3.38. The van der Waals surface area contributed by atoms with Crippen LogP contribution in [-0.4, -0.2) is 41.6 Å². The van der Waals surface area contributed by atoms with E-state index in [2.05, 4.69) is 16.1 Å². The maximum Gasteiger partial charge on any atom is 0.270 e. The van der Waals surface area contributed by atoms with Gasteiger partial charge in [-0.05, 0) is 50.9 Å². The van der Waals surface area contributed by atoms with Gasteiger partial charge in [0.25, 0.3) is 5.91 Å². The summed E-state index contributed by atoms with van der Waals surface area (Å²) in [4.78, 5) is 14.7. The summed E-state index contributed by atoms with van der Waals surface area (Å²) in [5.41, 5.74) is 0.867. The van der Waals surface area contributed by atoms with Crippen molar-refractivity contribution in [2.75, 3.05) is 20.1 Å². The highest BCUT2D eigenvalue weighted by Crippen LogP contribution is 2.26. The molecule has 110 valence electrons. The van der Waals surface area contributed by atoms with Crippen LogP contribution in [0.5, 0.6) is 0 Å². The number of hydrogen-bond donors (Lipinski definition) is 1. The lowest BCUT2D eigenvalue weighted by atomic mass is 10.1. The van der Waals surface area contributed by atoms with Crippen molar-refractivity contribution in [3.05, 3.63) is 24.0 Å². The smallest absolute Gasteiger partial charge is 0.270 e. The zero-order valence-electron chi connectivity index (χ0n) is 12.3. The van der Waals surface area contributed by atoms with Crippen LogP contribution in [0.1, 0.15) is 55.1 Å². The quantitative estimate of drug-likeness (QED) is 0.920. The van der Waals surface area contributed by atoms with Gasteiger partial charge in [-0.15, -0.1) is 0 Å². The van der Waals surface area contributed by atoms with Gasteiger partial charge in [0.05, 0.1) is 0 Å². The van der Waals surface area contributed by atoms with Gasteiger partial charge in [-0.25, -0.2) is 0 Å². The standard InChI is InChI=1S/C16H25N3O/c1-18(13-5-2-3-6-13)16(20)15-7-4-12-19(15)14-8-10-17-11-9-14/h4,7,12-14,17H,2-3,5-6,8-11H2,1H3. The van der Waals surface area contributed by atoms with Crippen molar-refractivity contribution in [1.82, 2.24) is 14.8 Å². The van der Waals surface area contributed by atoms with Crippen molar-refractivity contribution in [3.63, 3.8) is 0 Å². The predicted molar refractivity (Wildman–Crippen MR) is 79.9 cm³/mol. The largest absolute Gasteiger partial charge is 0.340 e. The van der Waals surface area contributed by atoms with E-state index in [9.17, 15) is 4.79 Å². The summed E-state index contributed by atoms with van der Waals surface area (Å²) < 4.78 is 2.20. The molecule has 1 aromatic rings. The second-order valence-electron chi connectivity index (χ2n) is 6.14. The number of carbonyl (C=O) groups is 1. The summed E-state index contributed by atoms with van der Waals surface area (Å²) in [6.45, 7) is 2.10. The lowest BCUT2D eigenvalue weighted by molar-refractivity contribution is 0.0720. The minimum absolute atomic E-state index is 0.195. The first kappa shape index (κ1) is 13.7. The van der Waals surface area contributed by atoms with E-state index < -0.39 is 0 Å². The zero-order chi connectivity index (χ0) is 13.9. The number of nitrogens with zero attached hydrogens (tertiary/aromatic N) is 2. The van der Waals surface area contributed by atoms with Crippen molar-refractivity contribution in [2.45, 2.75) is 50.6 Å². The lowest BCUT2D eigenvalue weighted by Gasteiger charge is -2.29. The molecule has 1 N–H and O–H groups in total. The Labute approximate surface area is 121 Å². The van der Waals surface area contributed by atoms with E-state index in [1.165, 1.54) is 12.8 Å². The van der Waals surface area contributed by atoms with Gasteiger partial charge in [-0.2, -0.15) is 0 Å². The van der Waals surface area contributed by atoms with E-state index in [0.717, 1.165) is 44.5 Å². The molecule has 3 rings (SSSR count). The molecule has 1 amide bonds. The molecule has 0 aromatic carbocycles. The van der Waals surface area contributed by atoms with Gasteiger partial charge >= 0.3 is 0 Å². The zero-order valence-corrected chi connectivity index (χ0v) is 12.3. The Kier molecular flexibility index (Phi) is 4.10. The van der Waals surface area contributed by atoms with E-state index >= 15 is 0 Å². The molecular weight excluding hydrogens is 250 g/mol. The van der Waals surface area contributed by atoms with Gasteiger partial charge in [-0.1, -0.05) is 12.8 Å². The number of nitrogens with one attached hydrogen (secondary N) is 1. The van der Waals surface area contributed by atoms with Crippen LogP contribution in [0.4, 0.5) is 0 Å². The van der Waals surface area contributed by atoms with Crippen LogP contribution in [-0.2, 0) is 0 Å². The first-order valence-corrected chi connectivity index (χ1v) is 7.92. The Morgan fingerprint density at radius 3 is 2.65 bits per heavy atom. The number of amides is 1. The maximum absolute atomic E-state index is 12.7. The van der Waals surface area contributed by atoms with Crippen molar-refractivity contribution >= 4 is 5.91 Å². The monoisotopic (exact) mass is 275 g/mol. The number of hydrogen-bond acceptors (Lipinski definition) is 2. The third kappa shape index (κ3) is 2.62. The fourth-order valence-corrected chi connectivity index (χ4v) is 3.62. The van der Waals surface area contributed by atoms with Gasteiger partial charge in [0, 0.05) is 25.3 Å². The minimum Gasteiger partial charge on any atom is -0.340 e. The van der Waals surface area contributed by atoms with E-state index in [0.29, 0.717) is 12.1 Å². The Balaban J connectivity index is 1.75. The number of piperidine rings is 1. The number of rotatable bonds is 3. The average Bonchev–Trinajstić information content (AvgIpc) is 3.17. The molecule has 20 heavy (non-hydrogen) atoms. The average molecular weight is 275 g/mol. The van der Waals surface area contributed by atoms with Crippen LogP contribution in [0.3, 0.4) is 0 Å². The van der Waals surface area contributed by atoms with E-state index in [1.54, 1.807) is 0 Å². The molecule has 2 aliphatic rings. The van der Waals surface area contributed by atoms with Crippen molar-refractivity contribution < 1.29 is 4.79 Å². The van der Waals surface area contributed by atoms with Crippen LogP contribution in [0.2, 0.25) is 0 Å². The Bertz CT molecular complexity index is 456. The molecule has 2 heterocycles. The van der Waals surface area contributed by atoms with Crippen LogP contribution >= 0.6 is 0 Å². The van der Waals surface area contributed by atoms with Gasteiger partial charge in [-0.3, -0.25) is 4.79 Å². The summed E-state index contributed by atoms with van der Waals surface area (Å²) in [6, 6.07) is 4.91. The molecule has 1 saturated heterocycles. The molecule has 0 spiro atoms. The Morgan fingerprint density at radius 2 is 1.95 bits per heavy atom. The summed E-state index contributed by atoms with van der Waals surface area (Å²) >= 11 is 0. The topological polar surface area (TPSA) is 37.3 Å². The number of carbonyl (C=O) groups excluding carboxylic acids is 1. The molecule has 1 saturated carbocycles. The molecule has 1 aliphatic carbocycles. The maximum atomic E-state index is 12.7. The van der Waals surface area contributed by atoms with E-state index in [-0.39, 0.29) is 5.91 Å². The highest BCUT2D eigenvalue weighted by molar-refractivity contribution is 5.92. The number of aromatic nitrogens is 1. The van der Waals surface area contributed by atoms with Crippen LogP contribution < -0.4 is 5.32 Å². The molecule has 0 radical (unpaired) electrons. The van der Waals surface area contributed by atoms with Gasteiger partial charge in [0.15, 0.2) is 0 Å². The SMILES string of the molecule is CN(C(=O)c1cccn1C1CCNCC1)C1CCCC1. The lowest BCUT2D eigenvalue weighted by Crippen LogP contribution is -2.37. The second-order valence-corrected chi connectivity index (χ2v) is 6.14. The summed E-state index contributed by atoms with van der Waals surface area (Å²) in [7, 11) is 1.97. The van der Waals surface area contributed by atoms with Gasteiger partial charge in [0.1, 0.15) is 5.69 Å². The van der Waals surface area contributed by atoms with Crippen LogP contribution in [0, 0.1) is 0 Å². The first-order valence-electron chi connectivity index (χ1n) is 7.92. The van der Waals surface area contributed by atoms with E-state index in [1.807, 2.05) is 24.1 Å². The molecule has 0 bridgehead atoms. The van der Waals surface area contributed by atoms with Crippen molar-refractivity contribution in [3.8, 4) is 0 Å². The molecule has 2 fully saturated rings. The second kappa shape index (κ2) is 6.00. The molecule has 1 aromatic heterocycles. The molecule has 4 heteroatoms. The molecular formula is C16H25N3O. The first-order chi connectivity index (χ1) is 9.77. The molecule has 1 aliphatic heterocycles. The van der Waals surface area contributed by atoms with Crippen molar-refractivity contribution in [1.29, 1.82) is 0 Å². The third-order valence-corrected chi connectivity index (χ3v) is 4.89. The van der Waals surface area contributed by atoms with Gasteiger partial charge < -0.3 is 14.8 Å². The predicted octanol–water partition coefficient (Wildman–Crippen LogP) is 2.43. The van der Waals surface area contributed by atoms with Gasteiger partial charge in [0.2, 0.25) is 0 Å². The molecule has 4 nitrogen and oxygen atoms in total. The van der Waals surface area contributed by atoms with Crippen LogP contribution in [0.25, 0.3) is 0 Å². The Morgan fingerprint density at radius 1 is 1.25 bits per heavy atom. The minimum atomic E-state index is 0.195. The fourth-order valence-electron chi connectivity index (χ4n) is 3.62. The fraction of sp³-hybridized carbons (Fsp3) is 0.688. The highest BCUT2D eigenvalue weighted by Gasteiger charge is 2.27. The third-order valence-electron chi connectivity index (χ3n) is 4.89. The molecule has 0 atom stereocenters. The van der Waals surface area contributed by atoms with E-state index in [4.69, 9.17) is 0 Å².